The first kappa shape index (κ1) is 13.9. The minimum Gasteiger partial charge on any atom is -0.351 e. The van der Waals surface area contributed by atoms with Gasteiger partial charge in [-0.25, -0.2) is 15.0 Å². The van der Waals surface area contributed by atoms with E-state index in [4.69, 9.17) is 0 Å². The van der Waals surface area contributed by atoms with Crippen molar-refractivity contribution in [1.29, 1.82) is 0 Å². The third-order valence-corrected chi connectivity index (χ3v) is 4.17. The molecule has 1 N–H and O–H groups in total. The molecule has 0 bridgehead atoms. The first-order valence-electron chi connectivity index (χ1n) is 7.53. The van der Waals surface area contributed by atoms with Crippen molar-refractivity contribution in [3.05, 3.63) is 39.5 Å². The molecule has 0 amide bonds. The van der Waals surface area contributed by atoms with Crippen molar-refractivity contribution in [3.63, 3.8) is 0 Å². The average molecular weight is 311 g/mol. The molecule has 0 aliphatic carbocycles. The number of anilines is 1. The number of aromatic amines is 1. The second-order valence-electron chi connectivity index (χ2n) is 5.85. The van der Waals surface area contributed by atoms with Gasteiger partial charge in [-0.2, -0.15) is 5.10 Å². The number of aryl methyl sites for hydroxylation is 3. The lowest BCUT2D eigenvalue weighted by Crippen LogP contribution is -2.36. The molecule has 1 aliphatic heterocycles. The quantitative estimate of drug-likeness (QED) is 0.708. The van der Waals surface area contributed by atoms with Crippen LogP contribution in [0.1, 0.15) is 22.9 Å². The summed E-state index contributed by atoms with van der Waals surface area (Å²) >= 11 is 0. The third-order valence-electron chi connectivity index (χ3n) is 4.17. The Kier molecular flexibility index (Phi) is 2.93. The van der Waals surface area contributed by atoms with Crippen molar-refractivity contribution in [1.82, 2.24) is 29.7 Å². The number of nitrogens with one attached hydrogen (secondary N) is 1. The van der Waals surface area contributed by atoms with E-state index in [0.717, 1.165) is 41.1 Å². The molecule has 0 saturated carbocycles. The van der Waals surface area contributed by atoms with E-state index in [9.17, 15) is 4.79 Å². The Bertz CT molecular complexity index is 972. The number of aromatic nitrogens is 6. The van der Waals surface area contributed by atoms with Crippen LogP contribution in [0.25, 0.3) is 11.0 Å². The lowest BCUT2D eigenvalue weighted by molar-refractivity contribution is 0.684. The third kappa shape index (κ3) is 2.18. The normalized spacial score (nSPS) is 14.3. The van der Waals surface area contributed by atoms with E-state index in [1.807, 2.05) is 14.0 Å². The van der Waals surface area contributed by atoms with Crippen molar-refractivity contribution in [2.45, 2.75) is 26.8 Å². The van der Waals surface area contributed by atoms with Crippen LogP contribution in [0, 0.1) is 13.8 Å². The Balaban J connectivity index is 1.82. The summed E-state index contributed by atoms with van der Waals surface area (Å²) in [6, 6.07) is 0. The number of hydrogen-bond acceptors (Lipinski definition) is 6. The Morgan fingerprint density at radius 3 is 2.87 bits per heavy atom. The maximum atomic E-state index is 12.2. The molecule has 0 radical (unpaired) electrons. The van der Waals surface area contributed by atoms with Crippen LogP contribution in [0.5, 0.6) is 0 Å². The summed E-state index contributed by atoms with van der Waals surface area (Å²) < 4.78 is 1.74. The fourth-order valence-corrected chi connectivity index (χ4v) is 3.08. The van der Waals surface area contributed by atoms with Gasteiger partial charge in [-0.15, -0.1) is 0 Å². The molecule has 8 heteroatoms. The van der Waals surface area contributed by atoms with Crippen molar-refractivity contribution >= 4 is 16.9 Å². The second kappa shape index (κ2) is 4.87. The minimum absolute atomic E-state index is 0.0644. The Morgan fingerprint density at radius 2 is 2.04 bits per heavy atom. The van der Waals surface area contributed by atoms with Crippen LogP contribution in [-0.2, 0) is 20.0 Å². The first-order chi connectivity index (χ1) is 11.0. The zero-order valence-corrected chi connectivity index (χ0v) is 13.3. The lowest BCUT2D eigenvalue weighted by atomic mass is 10.1. The van der Waals surface area contributed by atoms with Gasteiger partial charge >= 0.3 is 0 Å². The van der Waals surface area contributed by atoms with Gasteiger partial charge in [0, 0.05) is 20.0 Å². The van der Waals surface area contributed by atoms with Crippen LogP contribution in [0.3, 0.4) is 0 Å². The summed E-state index contributed by atoms with van der Waals surface area (Å²) in [7, 11) is 1.86. The number of hydrogen-bond donors (Lipinski definition) is 1. The van der Waals surface area contributed by atoms with Crippen LogP contribution in [0.15, 0.2) is 11.0 Å². The van der Waals surface area contributed by atoms with E-state index in [1.165, 1.54) is 0 Å². The van der Waals surface area contributed by atoms with Crippen LogP contribution in [-0.4, -0.2) is 36.3 Å². The van der Waals surface area contributed by atoms with Crippen molar-refractivity contribution in [3.8, 4) is 0 Å². The van der Waals surface area contributed by atoms with Crippen LogP contribution >= 0.6 is 0 Å². The van der Waals surface area contributed by atoms with Crippen LogP contribution in [0.4, 0.5) is 5.82 Å². The van der Waals surface area contributed by atoms with Gasteiger partial charge in [0.15, 0.2) is 5.65 Å². The first-order valence-corrected chi connectivity index (χ1v) is 7.53. The molecule has 3 aromatic rings. The van der Waals surface area contributed by atoms with Crippen LogP contribution in [0.2, 0.25) is 0 Å². The predicted molar refractivity (Wildman–Crippen MR) is 85.4 cm³/mol. The molecule has 3 aromatic heterocycles. The van der Waals surface area contributed by atoms with Crippen LogP contribution < -0.4 is 10.5 Å². The molecule has 8 nitrogen and oxygen atoms in total. The molecule has 0 fully saturated rings. The average Bonchev–Trinajstić information content (AvgIpc) is 2.87. The van der Waals surface area contributed by atoms with Gasteiger partial charge in [0.1, 0.15) is 17.5 Å². The molecular weight excluding hydrogens is 294 g/mol. The summed E-state index contributed by atoms with van der Waals surface area (Å²) in [6.07, 6.45) is 2.50. The molecule has 23 heavy (non-hydrogen) atoms. The monoisotopic (exact) mass is 311 g/mol. The van der Waals surface area contributed by atoms with Gasteiger partial charge in [-0.05, 0) is 13.8 Å². The Labute approximate surface area is 132 Å². The van der Waals surface area contributed by atoms with Crippen molar-refractivity contribution < 1.29 is 0 Å². The molecule has 118 valence electrons. The SMILES string of the molecule is Cc1nc(N2CCc3nc(C)[nH]c(=O)c3C2)c2cnn(C)c2n1. The summed E-state index contributed by atoms with van der Waals surface area (Å²) in [5.41, 5.74) is 2.34. The lowest BCUT2D eigenvalue weighted by Gasteiger charge is -2.29. The highest BCUT2D eigenvalue weighted by Gasteiger charge is 2.24. The van der Waals surface area contributed by atoms with E-state index in [2.05, 4.69) is 29.9 Å². The van der Waals surface area contributed by atoms with Gasteiger partial charge in [-0.1, -0.05) is 0 Å². The highest BCUT2D eigenvalue weighted by atomic mass is 16.1. The highest BCUT2D eigenvalue weighted by molar-refractivity contribution is 5.87. The molecule has 0 aromatic carbocycles. The van der Waals surface area contributed by atoms with Crippen molar-refractivity contribution in [2.24, 2.45) is 7.05 Å². The number of fused-ring (bicyclic) bond motifs is 2. The zero-order valence-electron chi connectivity index (χ0n) is 13.3. The maximum absolute atomic E-state index is 12.2. The number of H-pyrrole nitrogens is 1. The maximum Gasteiger partial charge on any atom is 0.256 e. The molecule has 0 unspecified atom stereocenters. The second-order valence-corrected chi connectivity index (χ2v) is 5.85. The van der Waals surface area contributed by atoms with Gasteiger partial charge < -0.3 is 9.88 Å². The standard InChI is InChI=1S/C15H17N7O/c1-8-17-12-4-5-22(7-11(12)15(23)20-8)14-10-6-16-21(3)13(10)18-9(2)19-14/h6H,4-5,7H2,1-3H3,(H,17,20,23). The van der Waals surface area contributed by atoms with E-state index in [1.54, 1.807) is 17.8 Å². The van der Waals surface area contributed by atoms with E-state index < -0.39 is 0 Å². The van der Waals surface area contributed by atoms with E-state index >= 15 is 0 Å². The Morgan fingerprint density at radius 1 is 1.22 bits per heavy atom. The highest BCUT2D eigenvalue weighted by Crippen LogP contribution is 2.27. The topological polar surface area (TPSA) is 92.6 Å². The summed E-state index contributed by atoms with van der Waals surface area (Å²) in [4.78, 5) is 30.6. The summed E-state index contributed by atoms with van der Waals surface area (Å²) in [5, 5.41) is 5.17. The van der Waals surface area contributed by atoms with Crippen molar-refractivity contribution in [2.75, 3.05) is 11.4 Å². The van der Waals surface area contributed by atoms with Gasteiger partial charge in [0.2, 0.25) is 0 Å². The fraction of sp³-hybridized carbons (Fsp3) is 0.400. The number of nitrogens with zero attached hydrogens (tertiary/aromatic N) is 6. The van der Waals surface area contributed by atoms with Gasteiger partial charge in [0.25, 0.3) is 5.56 Å². The van der Waals surface area contributed by atoms with Gasteiger partial charge in [-0.3, -0.25) is 9.48 Å². The molecular formula is C15H17N7O. The summed E-state index contributed by atoms with van der Waals surface area (Å²) in [6.45, 7) is 4.94. The van der Waals surface area contributed by atoms with E-state index in [-0.39, 0.29) is 5.56 Å². The largest absolute Gasteiger partial charge is 0.351 e. The molecule has 0 saturated heterocycles. The molecule has 1 aliphatic rings. The molecule has 0 atom stereocenters. The zero-order chi connectivity index (χ0) is 16.1. The predicted octanol–water partition coefficient (Wildman–Crippen LogP) is 0.626. The summed E-state index contributed by atoms with van der Waals surface area (Å²) in [5.74, 6) is 2.18. The molecule has 4 rings (SSSR count). The molecule has 0 spiro atoms. The molecule has 4 heterocycles. The minimum atomic E-state index is -0.0644. The van der Waals surface area contributed by atoms with Gasteiger partial charge in [0.05, 0.1) is 29.4 Å². The van der Waals surface area contributed by atoms with E-state index in [0.29, 0.717) is 18.2 Å². The fourth-order valence-electron chi connectivity index (χ4n) is 3.08. The Hall–Kier alpha value is -2.77. The number of rotatable bonds is 1. The smallest absolute Gasteiger partial charge is 0.256 e.